The Labute approximate surface area is 112 Å². The van der Waals surface area contributed by atoms with Crippen LogP contribution in [-0.2, 0) is 0 Å². The normalized spacial score (nSPS) is 9.83. The van der Waals surface area contributed by atoms with Gasteiger partial charge < -0.3 is 5.32 Å². The molecule has 0 unspecified atom stereocenters. The molecule has 18 heavy (non-hydrogen) atoms. The van der Waals surface area contributed by atoms with Crippen molar-refractivity contribution in [3.05, 3.63) is 53.6 Å². The fraction of sp³-hybridized carbons (Fsp3) is 0.133. The van der Waals surface area contributed by atoms with Crippen molar-refractivity contribution < 1.29 is 0 Å². The van der Waals surface area contributed by atoms with Crippen LogP contribution >= 0.6 is 11.8 Å². The third kappa shape index (κ3) is 2.66. The van der Waals surface area contributed by atoms with Gasteiger partial charge in [0.05, 0.1) is 11.3 Å². The van der Waals surface area contributed by atoms with E-state index in [1.54, 1.807) is 11.8 Å². The number of thioether (sulfide) groups is 1. The van der Waals surface area contributed by atoms with Gasteiger partial charge in [0, 0.05) is 10.6 Å². The molecule has 0 atom stereocenters. The smallest absolute Gasteiger partial charge is 0.101 e. The molecule has 0 aliphatic carbocycles. The Hall–Kier alpha value is -1.92. The van der Waals surface area contributed by atoms with E-state index in [-0.39, 0.29) is 0 Å². The van der Waals surface area contributed by atoms with E-state index in [1.165, 1.54) is 4.90 Å². The van der Waals surface area contributed by atoms with Crippen LogP contribution in [0.5, 0.6) is 0 Å². The summed E-state index contributed by atoms with van der Waals surface area (Å²) in [6.45, 7) is 2.00. The maximum absolute atomic E-state index is 9.11. The molecule has 2 aromatic carbocycles. The van der Waals surface area contributed by atoms with Crippen molar-refractivity contribution >= 4 is 23.1 Å². The number of nitriles is 1. The highest BCUT2D eigenvalue weighted by atomic mass is 32.2. The number of nitrogens with one attached hydrogen (secondary N) is 1. The molecule has 0 saturated carbocycles. The zero-order valence-electron chi connectivity index (χ0n) is 10.4. The Balaban J connectivity index is 2.31. The van der Waals surface area contributed by atoms with Crippen LogP contribution in [-0.4, -0.2) is 6.26 Å². The molecule has 2 nitrogen and oxygen atoms in total. The number of anilines is 2. The summed E-state index contributed by atoms with van der Waals surface area (Å²) >= 11 is 1.71. The second kappa shape index (κ2) is 5.61. The molecule has 2 aromatic rings. The first-order valence-electron chi connectivity index (χ1n) is 5.65. The second-order valence-electron chi connectivity index (χ2n) is 3.96. The fourth-order valence-corrected chi connectivity index (χ4v) is 2.15. The quantitative estimate of drug-likeness (QED) is 0.828. The van der Waals surface area contributed by atoms with Crippen molar-refractivity contribution in [2.75, 3.05) is 11.6 Å². The van der Waals surface area contributed by atoms with E-state index < -0.39 is 0 Å². The van der Waals surface area contributed by atoms with Gasteiger partial charge >= 0.3 is 0 Å². The van der Waals surface area contributed by atoms with Gasteiger partial charge in [-0.2, -0.15) is 5.26 Å². The SMILES string of the molecule is CSc1ccc(Nc2c(C)cccc2C#N)cc1. The summed E-state index contributed by atoms with van der Waals surface area (Å²) in [6.07, 6.45) is 2.05. The molecular weight excluding hydrogens is 240 g/mol. The first kappa shape index (κ1) is 12.5. The molecule has 0 radical (unpaired) electrons. The summed E-state index contributed by atoms with van der Waals surface area (Å²) in [5, 5.41) is 12.4. The van der Waals surface area contributed by atoms with Gasteiger partial charge in [-0.3, -0.25) is 0 Å². The van der Waals surface area contributed by atoms with Crippen LogP contribution in [0.15, 0.2) is 47.4 Å². The van der Waals surface area contributed by atoms with Crippen molar-refractivity contribution in [2.24, 2.45) is 0 Å². The zero-order chi connectivity index (χ0) is 13.0. The van der Waals surface area contributed by atoms with E-state index in [4.69, 9.17) is 5.26 Å². The summed E-state index contributed by atoms with van der Waals surface area (Å²) in [7, 11) is 0. The summed E-state index contributed by atoms with van der Waals surface area (Å²) in [5.74, 6) is 0. The number of benzene rings is 2. The summed E-state index contributed by atoms with van der Waals surface area (Å²) in [5.41, 5.74) is 3.63. The van der Waals surface area contributed by atoms with Crippen LogP contribution in [0.3, 0.4) is 0 Å². The topological polar surface area (TPSA) is 35.8 Å². The minimum absolute atomic E-state index is 0.670. The maximum atomic E-state index is 9.11. The highest BCUT2D eigenvalue weighted by Gasteiger charge is 2.05. The van der Waals surface area contributed by atoms with Crippen LogP contribution < -0.4 is 5.32 Å². The second-order valence-corrected chi connectivity index (χ2v) is 4.84. The lowest BCUT2D eigenvalue weighted by Crippen LogP contribution is -1.96. The molecule has 0 aliphatic heterocycles. The Morgan fingerprint density at radius 2 is 1.83 bits per heavy atom. The van der Waals surface area contributed by atoms with Crippen LogP contribution in [0.4, 0.5) is 11.4 Å². The summed E-state index contributed by atoms with van der Waals surface area (Å²) in [4.78, 5) is 1.23. The Morgan fingerprint density at radius 3 is 2.44 bits per heavy atom. The largest absolute Gasteiger partial charge is 0.354 e. The molecule has 0 heterocycles. The van der Waals surface area contributed by atoms with E-state index in [0.717, 1.165) is 16.9 Å². The molecule has 0 saturated heterocycles. The first-order valence-corrected chi connectivity index (χ1v) is 6.88. The molecule has 0 bridgehead atoms. The Morgan fingerprint density at radius 1 is 1.11 bits per heavy atom. The van der Waals surface area contributed by atoms with Gasteiger partial charge in [-0.25, -0.2) is 0 Å². The van der Waals surface area contributed by atoms with E-state index in [0.29, 0.717) is 5.56 Å². The van der Waals surface area contributed by atoms with Gasteiger partial charge in [0.1, 0.15) is 6.07 Å². The van der Waals surface area contributed by atoms with Gasteiger partial charge in [0.15, 0.2) is 0 Å². The summed E-state index contributed by atoms with van der Waals surface area (Å²) < 4.78 is 0. The lowest BCUT2D eigenvalue weighted by atomic mass is 10.1. The average molecular weight is 254 g/mol. The van der Waals surface area contributed by atoms with Crippen molar-refractivity contribution in [1.29, 1.82) is 5.26 Å². The maximum Gasteiger partial charge on any atom is 0.101 e. The molecule has 2 rings (SSSR count). The molecule has 0 aromatic heterocycles. The lowest BCUT2D eigenvalue weighted by molar-refractivity contribution is 1.38. The molecule has 90 valence electrons. The number of para-hydroxylation sites is 1. The average Bonchev–Trinajstić information content (AvgIpc) is 2.42. The van der Waals surface area contributed by atoms with E-state index in [1.807, 2.05) is 37.3 Å². The van der Waals surface area contributed by atoms with E-state index >= 15 is 0 Å². The predicted octanol–water partition coefficient (Wildman–Crippen LogP) is 4.33. The van der Waals surface area contributed by atoms with Gasteiger partial charge in [-0.1, -0.05) is 12.1 Å². The van der Waals surface area contributed by atoms with Crippen LogP contribution in [0, 0.1) is 18.3 Å². The third-order valence-corrected chi connectivity index (χ3v) is 3.50. The molecule has 1 N–H and O–H groups in total. The van der Waals surface area contributed by atoms with Crippen molar-refractivity contribution in [1.82, 2.24) is 0 Å². The highest BCUT2D eigenvalue weighted by molar-refractivity contribution is 7.98. The third-order valence-electron chi connectivity index (χ3n) is 2.75. The van der Waals surface area contributed by atoms with Crippen LogP contribution in [0.25, 0.3) is 0 Å². The van der Waals surface area contributed by atoms with Gasteiger partial charge in [-0.05, 0) is 49.1 Å². The predicted molar refractivity (Wildman–Crippen MR) is 77.4 cm³/mol. The number of hydrogen-bond donors (Lipinski definition) is 1. The van der Waals surface area contributed by atoms with Gasteiger partial charge in [0.2, 0.25) is 0 Å². The standard InChI is InChI=1S/C15H14N2S/c1-11-4-3-5-12(10-16)15(11)17-13-6-8-14(18-2)9-7-13/h3-9,17H,1-2H3. The Bertz CT molecular complexity index is 582. The summed E-state index contributed by atoms with van der Waals surface area (Å²) in [6, 6.07) is 16.1. The molecule has 0 amide bonds. The van der Waals surface area contributed by atoms with Gasteiger partial charge in [-0.15, -0.1) is 11.8 Å². The van der Waals surface area contributed by atoms with Crippen molar-refractivity contribution in [2.45, 2.75) is 11.8 Å². The number of aryl methyl sites for hydroxylation is 1. The highest BCUT2D eigenvalue weighted by Crippen LogP contribution is 2.25. The molecule has 0 aliphatic rings. The van der Waals surface area contributed by atoms with Crippen LogP contribution in [0.1, 0.15) is 11.1 Å². The van der Waals surface area contributed by atoms with Gasteiger partial charge in [0.25, 0.3) is 0 Å². The minimum Gasteiger partial charge on any atom is -0.354 e. The lowest BCUT2D eigenvalue weighted by Gasteiger charge is -2.11. The van der Waals surface area contributed by atoms with E-state index in [9.17, 15) is 0 Å². The minimum atomic E-state index is 0.670. The van der Waals surface area contributed by atoms with E-state index in [2.05, 4.69) is 29.8 Å². The molecule has 0 spiro atoms. The molecule has 0 fully saturated rings. The number of nitrogens with zero attached hydrogens (tertiary/aromatic N) is 1. The molecule has 3 heteroatoms. The number of hydrogen-bond acceptors (Lipinski definition) is 3. The molecular formula is C15H14N2S. The monoisotopic (exact) mass is 254 g/mol. The fourth-order valence-electron chi connectivity index (χ4n) is 1.75. The zero-order valence-corrected chi connectivity index (χ0v) is 11.2. The number of rotatable bonds is 3. The first-order chi connectivity index (χ1) is 8.74. The Kier molecular flexibility index (Phi) is 3.91. The van der Waals surface area contributed by atoms with Crippen LogP contribution in [0.2, 0.25) is 0 Å². The van der Waals surface area contributed by atoms with Crippen molar-refractivity contribution in [3.63, 3.8) is 0 Å². The van der Waals surface area contributed by atoms with Crippen molar-refractivity contribution in [3.8, 4) is 6.07 Å².